The van der Waals surface area contributed by atoms with Crippen LogP contribution in [0, 0.1) is 13.8 Å². The van der Waals surface area contributed by atoms with Gasteiger partial charge in [-0.3, -0.25) is 0 Å². The number of aliphatic imine (C=N–C) groups is 2. The zero-order chi connectivity index (χ0) is 19.6. The molecule has 0 radical (unpaired) electrons. The van der Waals surface area contributed by atoms with Gasteiger partial charge in [-0.2, -0.15) is 5.10 Å². The van der Waals surface area contributed by atoms with Crippen LogP contribution in [0.5, 0.6) is 0 Å². The highest BCUT2D eigenvalue weighted by Crippen LogP contribution is 2.42. The lowest BCUT2D eigenvalue weighted by atomic mass is 9.95. The van der Waals surface area contributed by atoms with Crippen LogP contribution in [-0.4, -0.2) is 27.3 Å². The Morgan fingerprint density at radius 1 is 1.30 bits per heavy atom. The SMILES string of the molecule is CCC(CC)c1cc(C)nn2c(-c3sc(/N=C/N=CN)cc3Cl)c(C)nc12. The first-order valence-corrected chi connectivity index (χ1v) is 10.1. The maximum absolute atomic E-state index is 6.52. The van der Waals surface area contributed by atoms with Gasteiger partial charge in [-0.1, -0.05) is 25.4 Å². The third kappa shape index (κ3) is 3.75. The molecule has 0 aliphatic carbocycles. The van der Waals surface area contributed by atoms with Gasteiger partial charge in [0.15, 0.2) is 5.65 Å². The summed E-state index contributed by atoms with van der Waals surface area (Å²) in [6.45, 7) is 8.43. The average Bonchev–Trinajstić information content (AvgIpc) is 3.15. The van der Waals surface area contributed by atoms with E-state index >= 15 is 0 Å². The van der Waals surface area contributed by atoms with Crippen LogP contribution in [0.4, 0.5) is 5.00 Å². The van der Waals surface area contributed by atoms with Gasteiger partial charge in [0.05, 0.1) is 27.6 Å². The molecule has 6 nitrogen and oxygen atoms in total. The fourth-order valence-electron chi connectivity index (χ4n) is 3.28. The number of hydrogen-bond acceptors (Lipinski definition) is 4. The predicted octanol–water partition coefficient (Wildman–Crippen LogP) is 5.28. The molecule has 0 atom stereocenters. The molecule has 0 aromatic carbocycles. The Hall–Kier alpha value is -2.25. The van der Waals surface area contributed by atoms with Crippen molar-refractivity contribution in [3.8, 4) is 10.6 Å². The average molecular weight is 403 g/mol. The molecule has 0 amide bonds. The van der Waals surface area contributed by atoms with Crippen LogP contribution in [0.3, 0.4) is 0 Å². The summed E-state index contributed by atoms with van der Waals surface area (Å²) in [5.74, 6) is 0.456. The molecule has 3 aromatic rings. The zero-order valence-corrected chi connectivity index (χ0v) is 17.5. The summed E-state index contributed by atoms with van der Waals surface area (Å²) < 4.78 is 1.93. The molecule has 0 saturated carbocycles. The molecule has 2 N–H and O–H groups in total. The second kappa shape index (κ2) is 8.19. The molecular weight excluding hydrogens is 380 g/mol. The highest BCUT2D eigenvalue weighted by Gasteiger charge is 2.22. The maximum Gasteiger partial charge on any atom is 0.158 e. The first kappa shape index (κ1) is 19.5. The Morgan fingerprint density at radius 2 is 2.04 bits per heavy atom. The molecule has 0 aliphatic heterocycles. The predicted molar refractivity (Wildman–Crippen MR) is 115 cm³/mol. The first-order valence-electron chi connectivity index (χ1n) is 8.92. The van der Waals surface area contributed by atoms with E-state index in [1.807, 2.05) is 24.4 Å². The third-order valence-electron chi connectivity index (χ3n) is 4.56. The summed E-state index contributed by atoms with van der Waals surface area (Å²) in [5, 5.41) is 6.11. The van der Waals surface area contributed by atoms with Crippen LogP contribution in [-0.2, 0) is 0 Å². The minimum atomic E-state index is 0.456. The van der Waals surface area contributed by atoms with Crippen LogP contribution in [0.1, 0.15) is 49.6 Å². The van der Waals surface area contributed by atoms with Crippen molar-refractivity contribution in [3.05, 3.63) is 34.1 Å². The van der Waals surface area contributed by atoms with E-state index in [9.17, 15) is 0 Å². The molecule has 0 saturated heterocycles. The van der Waals surface area contributed by atoms with Crippen molar-refractivity contribution >= 4 is 46.3 Å². The fraction of sp³-hybridized carbons (Fsp3) is 0.368. The van der Waals surface area contributed by atoms with Gasteiger partial charge in [0, 0.05) is 5.56 Å². The van der Waals surface area contributed by atoms with E-state index in [0.29, 0.717) is 10.9 Å². The maximum atomic E-state index is 6.52. The minimum Gasteiger partial charge on any atom is -0.390 e. The lowest BCUT2D eigenvalue weighted by Crippen LogP contribution is -2.04. The number of imidazole rings is 1. The van der Waals surface area contributed by atoms with E-state index in [1.165, 1.54) is 29.6 Å². The number of halogens is 1. The number of rotatable bonds is 6. The zero-order valence-electron chi connectivity index (χ0n) is 15.9. The van der Waals surface area contributed by atoms with E-state index < -0.39 is 0 Å². The lowest BCUT2D eigenvalue weighted by molar-refractivity contribution is 0.638. The topological polar surface area (TPSA) is 80.9 Å². The standard InChI is InChI=1S/C19H23ClN6S/c1-5-13(6-2)14-7-11(3)25-26-17(12(4)24-19(14)26)18-15(20)8-16(27-18)23-10-22-9-21/h7-10,13H,5-6H2,1-4H3,(H2,21,22,23). The monoisotopic (exact) mass is 402 g/mol. The Balaban J connectivity index is 2.20. The number of hydrogen-bond donors (Lipinski definition) is 1. The molecule has 0 aliphatic rings. The van der Waals surface area contributed by atoms with E-state index in [4.69, 9.17) is 27.4 Å². The highest BCUT2D eigenvalue weighted by molar-refractivity contribution is 7.19. The number of fused-ring (bicyclic) bond motifs is 1. The van der Waals surface area contributed by atoms with Gasteiger partial charge in [0.2, 0.25) is 0 Å². The van der Waals surface area contributed by atoms with Crippen molar-refractivity contribution < 1.29 is 0 Å². The van der Waals surface area contributed by atoms with Crippen LogP contribution < -0.4 is 5.73 Å². The van der Waals surface area contributed by atoms with Gasteiger partial charge >= 0.3 is 0 Å². The van der Waals surface area contributed by atoms with Crippen molar-refractivity contribution in [2.45, 2.75) is 46.5 Å². The summed E-state index contributed by atoms with van der Waals surface area (Å²) in [5.41, 5.74) is 10.2. The van der Waals surface area contributed by atoms with E-state index in [-0.39, 0.29) is 0 Å². The van der Waals surface area contributed by atoms with Crippen LogP contribution >= 0.6 is 22.9 Å². The third-order valence-corrected chi connectivity index (χ3v) is 6.02. The molecular formula is C19H23ClN6S. The van der Waals surface area contributed by atoms with Crippen molar-refractivity contribution in [1.29, 1.82) is 0 Å². The first-order chi connectivity index (χ1) is 13.0. The van der Waals surface area contributed by atoms with E-state index in [1.54, 1.807) is 0 Å². The Bertz CT molecular complexity index is 1010. The lowest BCUT2D eigenvalue weighted by Gasteiger charge is -2.14. The summed E-state index contributed by atoms with van der Waals surface area (Å²) >= 11 is 8.01. The molecule has 0 fully saturated rings. The van der Waals surface area contributed by atoms with Gasteiger partial charge in [-0.15, -0.1) is 11.3 Å². The van der Waals surface area contributed by atoms with Gasteiger partial charge in [0.25, 0.3) is 0 Å². The normalized spacial score (nSPS) is 12.4. The minimum absolute atomic E-state index is 0.456. The number of aromatic nitrogens is 3. The van der Waals surface area contributed by atoms with E-state index in [2.05, 4.69) is 29.9 Å². The van der Waals surface area contributed by atoms with E-state index in [0.717, 1.165) is 45.4 Å². The number of nitrogens with zero attached hydrogens (tertiary/aromatic N) is 5. The second-order valence-corrected chi connectivity index (χ2v) is 7.78. The quantitative estimate of drug-likeness (QED) is 0.450. The van der Waals surface area contributed by atoms with Crippen LogP contribution in [0.15, 0.2) is 22.1 Å². The van der Waals surface area contributed by atoms with Crippen LogP contribution in [0.2, 0.25) is 5.02 Å². The number of thiophene rings is 1. The summed E-state index contributed by atoms with van der Waals surface area (Å²) in [7, 11) is 0. The number of aryl methyl sites for hydroxylation is 2. The summed E-state index contributed by atoms with van der Waals surface area (Å²) in [6, 6.07) is 3.97. The second-order valence-electron chi connectivity index (χ2n) is 6.34. The van der Waals surface area contributed by atoms with Crippen molar-refractivity contribution in [3.63, 3.8) is 0 Å². The molecule has 142 valence electrons. The molecule has 8 heteroatoms. The van der Waals surface area contributed by atoms with Crippen molar-refractivity contribution in [2.75, 3.05) is 0 Å². The fourth-order valence-corrected chi connectivity index (χ4v) is 4.62. The molecule has 3 heterocycles. The summed E-state index contributed by atoms with van der Waals surface area (Å²) in [6.07, 6.45) is 4.73. The molecule has 0 spiro atoms. The number of nitrogens with two attached hydrogens (primary N) is 1. The molecule has 0 bridgehead atoms. The molecule has 0 unspecified atom stereocenters. The van der Waals surface area contributed by atoms with Crippen molar-refractivity contribution in [1.82, 2.24) is 14.6 Å². The Kier molecular flexibility index (Phi) is 5.92. The molecule has 27 heavy (non-hydrogen) atoms. The van der Waals surface area contributed by atoms with Gasteiger partial charge in [0.1, 0.15) is 17.0 Å². The van der Waals surface area contributed by atoms with Crippen molar-refractivity contribution in [2.24, 2.45) is 15.7 Å². The van der Waals surface area contributed by atoms with Gasteiger partial charge in [-0.25, -0.2) is 19.5 Å². The highest BCUT2D eigenvalue weighted by atomic mass is 35.5. The largest absolute Gasteiger partial charge is 0.390 e. The molecule has 3 aromatic heterocycles. The Morgan fingerprint density at radius 3 is 2.70 bits per heavy atom. The Labute approximate surface area is 167 Å². The van der Waals surface area contributed by atoms with Gasteiger partial charge in [-0.05, 0) is 44.7 Å². The van der Waals surface area contributed by atoms with Crippen LogP contribution in [0.25, 0.3) is 16.2 Å². The summed E-state index contributed by atoms with van der Waals surface area (Å²) in [4.78, 5) is 13.8. The smallest absolute Gasteiger partial charge is 0.158 e. The molecule has 3 rings (SSSR count). The van der Waals surface area contributed by atoms with Gasteiger partial charge < -0.3 is 5.73 Å².